The fraction of sp³-hybridized carbons (Fsp3) is 0.333. The van der Waals surface area contributed by atoms with Crippen LogP contribution in [0.25, 0.3) is 0 Å². The van der Waals surface area contributed by atoms with Crippen LogP contribution in [0.3, 0.4) is 0 Å². The van der Waals surface area contributed by atoms with Crippen LogP contribution >= 0.6 is 0 Å². The van der Waals surface area contributed by atoms with Crippen molar-refractivity contribution in [3.05, 3.63) is 35.4 Å². The number of carboxylic acid groups (broad SMARTS) is 1. The van der Waals surface area contributed by atoms with Gasteiger partial charge in [-0.15, -0.1) is 0 Å². The summed E-state index contributed by atoms with van der Waals surface area (Å²) in [6.07, 6.45) is -0.197. The highest BCUT2D eigenvalue weighted by Gasteiger charge is 2.41. The Hall–Kier alpha value is -2.70. The molecule has 1 aromatic carbocycles. The summed E-state index contributed by atoms with van der Waals surface area (Å²) in [7, 11) is 1.44. The third kappa shape index (κ3) is 2.69. The van der Waals surface area contributed by atoms with Gasteiger partial charge < -0.3 is 10.0 Å². The summed E-state index contributed by atoms with van der Waals surface area (Å²) in [6.45, 7) is 1.48. The van der Waals surface area contributed by atoms with Gasteiger partial charge in [0.1, 0.15) is 6.04 Å². The Kier molecular flexibility index (Phi) is 4.25. The van der Waals surface area contributed by atoms with E-state index in [9.17, 15) is 19.2 Å². The van der Waals surface area contributed by atoms with Crippen LogP contribution in [0.2, 0.25) is 0 Å². The maximum absolute atomic E-state index is 12.3. The van der Waals surface area contributed by atoms with Crippen molar-refractivity contribution in [3.8, 4) is 0 Å². The van der Waals surface area contributed by atoms with Crippen molar-refractivity contribution in [2.24, 2.45) is 0 Å². The van der Waals surface area contributed by atoms with E-state index >= 15 is 0 Å². The molecule has 1 unspecified atom stereocenters. The van der Waals surface area contributed by atoms with E-state index in [0.717, 1.165) is 4.90 Å². The van der Waals surface area contributed by atoms with Gasteiger partial charge in [0.05, 0.1) is 17.5 Å². The molecule has 3 amide bonds. The predicted molar refractivity (Wildman–Crippen MR) is 76.3 cm³/mol. The normalized spacial score (nSPS) is 14.7. The molecule has 7 heteroatoms. The predicted octanol–water partition coefficient (Wildman–Crippen LogP) is 0.604. The molecule has 0 aromatic heterocycles. The van der Waals surface area contributed by atoms with Crippen LogP contribution < -0.4 is 0 Å². The molecule has 0 radical (unpaired) electrons. The zero-order valence-electron chi connectivity index (χ0n) is 12.3. The molecule has 1 aromatic rings. The van der Waals surface area contributed by atoms with Crippen molar-refractivity contribution >= 4 is 23.7 Å². The SMILES string of the molecule is CC(C(=O)N(C)CCC(=O)O)N1C(=O)c2ccccc2C1=O. The number of carboxylic acids is 1. The average Bonchev–Trinajstić information content (AvgIpc) is 2.75. The molecule has 1 N–H and O–H groups in total. The summed E-state index contributed by atoms with van der Waals surface area (Å²) in [4.78, 5) is 49.5. The fourth-order valence-corrected chi connectivity index (χ4v) is 2.36. The molecule has 116 valence electrons. The number of imide groups is 1. The Balaban J connectivity index is 2.15. The molecule has 0 spiro atoms. The monoisotopic (exact) mass is 304 g/mol. The first-order valence-corrected chi connectivity index (χ1v) is 6.78. The van der Waals surface area contributed by atoms with Gasteiger partial charge in [0, 0.05) is 13.6 Å². The van der Waals surface area contributed by atoms with Crippen LogP contribution in [0.15, 0.2) is 24.3 Å². The van der Waals surface area contributed by atoms with Gasteiger partial charge in [0.2, 0.25) is 5.91 Å². The van der Waals surface area contributed by atoms with E-state index in [2.05, 4.69) is 0 Å². The van der Waals surface area contributed by atoms with Crippen molar-refractivity contribution in [3.63, 3.8) is 0 Å². The van der Waals surface area contributed by atoms with E-state index < -0.39 is 29.7 Å². The Labute approximate surface area is 127 Å². The van der Waals surface area contributed by atoms with Crippen molar-refractivity contribution in [2.75, 3.05) is 13.6 Å². The summed E-state index contributed by atoms with van der Waals surface area (Å²) in [6, 6.07) is 5.41. The molecule has 1 atom stereocenters. The minimum Gasteiger partial charge on any atom is -0.481 e. The molecule has 22 heavy (non-hydrogen) atoms. The highest BCUT2D eigenvalue weighted by Crippen LogP contribution is 2.24. The number of hydrogen-bond donors (Lipinski definition) is 1. The van der Waals surface area contributed by atoms with Gasteiger partial charge in [-0.05, 0) is 19.1 Å². The average molecular weight is 304 g/mol. The van der Waals surface area contributed by atoms with E-state index in [1.165, 1.54) is 18.9 Å². The quantitative estimate of drug-likeness (QED) is 0.804. The third-order valence-corrected chi connectivity index (χ3v) is 3.61. The number of benzene rings is 1. The Morgan fingerprint density at radius 2 is 1.68 bits per heavy atom. The number of likely N-dealkylation sites (N-methyl/N-ethyl adjacent to an activating group) is 1. The lowest BCUT2D eigenvalue weighted by molar-refractivity contribution is -0.139. The second-order valence-electron chi connectivity index (χ2n) is 5.11. The van der Waals surface area contributed by atoms with Crippen LogP contribution in [0.1, 0.15) is 34.1 Å². The molecule has 1 heterocycles. The van der Waals surface area contributed by atoms with Crippen molar-refractivity contribution in [1.82, 2.24) is 9.80 Å². The molecule has 0 bridgehead atoms. The summed E-state index contributed by atoms with van der Waals surface area (Å²) in [5.74, 6) is -2.51. The fourth-order valence-electron chi connectivity index (χ4n) is 2.36. The lowest BCUT2D eigenvalue weighted by Gasteiger charge is -2.26. The first-order chi connectivity index (χ1) is 10.3. The number of fused-ring (bicyclic) bond motifs is 1. The zero-order chi connectivity index (χ0) is 16.4. The number of carbonyl (C=O) groups excluding carboxylic acids is 3. The van der Waals surface area contributed by atoms with Gasteiger partial charge in [0.25, 0.3) is 11.8 Å². The highest BCUT2D eigenvalue weighted by molar-refractivity contribution is 6.22. The van der Waals surface area contributed by atoms with Crippen LogP contribution in [0.5, 0.6) is 0 Å². The molecule has 0 saturated carbocycles. The Bertz CT molecular complexity index is 620. The summed E-state index contributed by atoms with van der Waals surface area (Å²) in [5, 5.41) is 8.64. The van der Waals surface area contributed by atoms with E-state index in [4.69, 9.17) is 5.11 Å². The van der Waals surface area contributed by atoms with Gasteiger partial charge in [-0.1, -0.05) is 12.1 Å². The van der Waals surface area contributed by atoms with Crippen molar-refractivity contribution in [1.29, 1.82) is 0 Å². The number of nitrogens with zero attached hydrogens (tertiary/aromatic N) is 2. The van der Waals surface area contributed by atoms with Gasteiger partial charge in [0.15, 0.2) is 0 Å². The molecule has 1 aliphatic rings. The Morgan fingerprint density at radius 1 is 1.18 bits per heavy atom. The number of amides is 3. The first-order valence-electron chi connectivity index (χ1n) is 6.78. The maximum Gasteiger partial charge on any atom is 0.305 e. The molecule has 2 rings (SSSR count). The first kappa shape index (κ1) is 15.7. The largest absolute Gasteiger partial charge is 0.481 e. The van der Waals surface area contributed by atoms with E-state index in [0.29, 0.717) is 0 Å². The van der Waals surface area contributed by atoms with Crippen LogP contribution in [0, 0.1) is 0 Å². The van der Waals surface area contributed by atoms with Gasteiger partial charge in [-0.3, -0.25) is 24.1 Å². The molecular formula is C15H16N2O5. The summed E-state index contributed by atoms with van der Waals surface area (Å²) in [5.41, 5.74) is 0.556. The van der Waals surface area contributed by atoms with Crippen LogP contribution in [0.4, 0.5) is 0 Å². The molecular weight excluding hydrogens is 288 g/mol. The van der Waals surface area contributed by atoms with Crippen LogP contribution in [-0.4, -0.2) is 58.2 Å². The minimum absolute atomic E-state index is 0.0156. The highest BCUT2D eigenvalue weighted by atomic mass is 16.4. The minimum atomic E-state index is -1.02. The number of rotatable bonds is 5. The second-order valence-corrected chi connectivity index (χ2v) is 5.11. The molecule has 1 aliphatic heterocycles. The molecule has 0 fully saturated rings. The van der Waals surface area contributed by atoms with Crippen LogP contribution in [-0.2, 0) is 9.59 Å². The maximum atomic E-state index is 12.3. The van der Waals surface area contributed by atoms with Gasteiger partial charge in [-0.2, -0.15) is 0 Å². The topological polar surface area (TPSA) is 95.0 Å². The van der Waals surface area contributed by atoms with E-state index in [-0.39, 0.29) is 24.1 Å². The third-order valence-electron chi connectivity index (χ3n) is 3.61. The molecule has 0 aliphatic carbocycles. The Morgan fingerprint density at radius 3 is 2.14 bits per heavy atom. The molecule has 7 nitrogen and oxygen atoms in total. The van der Waals surface area contributed by atoms with E-state index in [1.54, 1.807) is 24.3 Å². The lowest BCUT2D eigenvalue weighted by Crippen LogP contribution is -2.48. The number of carbonyl (C=O) groups is 4. The van der Waals surface area contributed by atoms with Crippen molar-refractivity contribution < 1.29 is 24.3 Å². The molecule has 0 saturated heterocycles. The van der Waals surface area contributed by atoms with Crippen molar-refractivity contribution in [2.45, 2.75) is 19.4 Å². The number of hydrogen-bond acceptors (Lipinski definition) is 4. The number of aliphatic carboxylic acids is 1. The van der Waals surface area contributed by atoms with Gasteiger partial charge in [-0.25, -0.2) is 0 Å². The summed E-state index contributed by atoms with van der Waals surface area (Å²) >= 11 is 0. The smallest absolute Gasteiger partial charge is 0.305 e. The standard InChI is InChI=1S/C15H16N2O5/c1-9(13(20)16(2)8-7-12(18)19)17-14(21)10-5-3-4-6-11(10)15(17)22/h3-6,9H,7-8H2,1-2H3,(H,18,19). The van der Waals surface area contributed by atoms with Gasteiger partial charge >= 0.3 is 5.97 Å². The zero-order valence-corrected chi connectivity index (χ0v) is 12.3. The lowest BCUT2D eigenvalue weighted by atomic mass is 10.1. The second kappa shape index (κ2) is 5.97. The van der Waals surface area contributed by atoms with E-state index in [1.807, 2.05) is 0 Å². The summed E-state index contributed by atoms with van der Waals surface area (Å²) < 4.78 is 0.